The van der Waals surface area contributed by atoms with E-state index in [0.29, 0.717) is 35.9 Å². The topological polar surface area (TPSA) is 98.3 Å². The Kier molecular flexibility index (Phi) is 3.02. The van der Waals surface area contributed by atoms with E-state index in [-0.39, 0.29) is 0 Å². The van der Waals surface area contributed by atoms with E-state index in [1.54, 1.807) is 0 Å². The van der Waals surface area contributed by atoms with Crippen LogP contribution in [0, 0.1) is 0 Å². The quantitative estimate of drug-likeness (QED) is 0.774. The molecule has 1 fully saturated rings. The molecule has 0 aliphatic heterocycles. The van der Waals surface area contributed by atoms with Gasteiger partial charge in [0.25, 0.3) is 0 Å². The van der Waals surface area contributed by atoms with E-state index in [4.69, 9.17) is 4.52 Å². The molecule has 1 saturated carbocycles. The molecule has 4 rings (SSSR count). The molecule has 8 nitrogen and oxygen atoms in total. The number of H-pyrrole nitrogens is 1. The van der Waals surface area contributed by atoms with Gasteiger partial charge < -0.3 is 4.52 Å². The van der Waals surface area contributed by atoms with Crippen molar-refractivity contribution in [3.63, 3.8) is 0 Å². The maximum atomic E-state index is 5.27. The molecule has 0 spiro atoms. The molecular weight excluding hydrogens is 282 g/mol. The molecule has 3 aromatic heterocycles. The van der Waals surface area contributed by atoms with Gasteiger partial charge in [-0.05, 0) is 32.8 Å². The summed E-state index contributed by atoms with van der Waals surface area (Å²) in [7, 11) is 0. The van der Waals surface area contributed by atoms with Crippen LogP contribution in [0.4, 0.5) is 0 Å². The highest BCUT2D eigenvalue weighted by Gasteiger charge is 2.28. The molecule has 3 heterocycles. The Hall–Kier alpha value is -2.51. The minimum Gasteiger partial charge on any atom is -0.338 e. The van der Waals surface area contributed by atoms with Crippen molar-refractivity contribution in [3.05, 3.63) is 29.7 Å². The first-order valence-electron chi connectivity index (χ1n) is 7.48. The van der Waals surface area contributed by atoms with Gasteiger partial charge in [-0.3, -0.25) is 9.78 Å². The normalized spacial score (nSPS) is 14.9. The predicted octanol–water partition coefficient (Wildman–Crippen LogP) is 2.10. The Morgan fingerprint density at radius 3 is 2.91 bits per heavy atom. The second kappa shape index (κ2) is 5.04. The molecule has 22 heavy (non-hydrogen) atoms. The van der Waals surface area contributed by atoms with E-state index in [0.717, 1.165) is 11.5 Å². The first-order chi connectivity index (χ1) is 10.7. The Bertz CT molecular complexity index is 781. The molecule has 0 aromatic carbocycles. The van der Waals surface area contributed by atoms with Crippen LogP contribution in [-0.2, 0) is 6.42 Å². The second-order valence-corrected chi connectivity index (χ2v) is 5.89. The largest absolute Gasteiger partial charge is 0.338 e. The molecule has 0 radical (unpaired) electrons. The summed E-state index contributed by atoms with van der Waals surface area (Å²) in [6, 6.07) is 2.29. The van der Waals surface area contributed by atoms with Crippen molar-refractivity contribution < 1.29 is 4.52 Å². The summed E-state index contributed by atoms with van der Waals surface area (Å²) >= 11 is 0. The maximum Gasteiger partial charge on any atom is 0.242 e. The lowest BCUT2D eigenvalue weighted by Gasteiger charge is -2.02. The van der Waals surface area contributed by atoms with E-state index >= 15 is 0 Å². The van der Waals surface area contributed by atoms with Crippen LogP contribution < -0.4 is 0 Å². The third-order valence-corrected chi connectivity index (χ3v) is 3.66. The van der Waals surface area contributed by atoms with Crippen LogP contribution in [0.1, 0.15) is 56.1 Å². The van der Waals surface area contributed by atoms with Gasteiger partial charge >= 0.3 is 0 Å². The molecule has 0 bridgehead atoms. The van der Waals surface area contributed by atoms with Gasteiger partial charge in [0, 0.05) is 18.2 Å². The van der Waals surface area contributed by atoms with E-state index in [1.165, 1.54) is 12.8 Å². The van der Waals surface area contributed by atoms with Gasteiger partial charge in [0.15, 0.2) is 0 Å². The maximum absolute atomic E-state index is 5.27. The molecule has 0 unspecified atom stereocenters. The average Bonchev–Trinajstić information content (AvgIpc) is 2.96. The summed E-state index contributed by atoms with van der Waals surface area (Å²) in [6.45, 7) is 4.17. The van der Waals surface area contributed by atoms with Gasteiger partial charge in [0.05, 0.1) is 12.1 Å². The Balaban J connectivity index is 1.50. The molecule has 1 aliphatic carbocycles. The van der Waals surface area contributed by atoms with Crippen molar-refractivity contribution in [1.29, 1.82) is 0 Å². The molecule has 114 valence electrons. The minimum atomic E-state index is 0.334. The van der Waals surface area contributed by atoms with Crippen LogP contribution in [0.3, 0.4) is 0 Å². The van der Waals surface area contributed by atoms with Crippen molar-refractivity contribution in [2.45, 2.75) is 45.1 Å². The van der Waals surface area contributed by atoms with E-state index in [2.05, 4.69) is 44.3 Å². The van der Waals surface area contributed by atoms with Crippen molar-refractivity contribution in [2.75, 3.05) is 0 Å². The molecule has 0 amide bonds. The predicted molar refractivity (Wildman–Crippen MR) is 77.1 cm³/mol. The van der Waals surface area contributed by atoms with Crippen LogP contribution in [-0.4, -0.2) is 35.1 Å². The Labute approximate surface area is 127 Å². The molecule has 0 saturated heterocycles. The van der Waals surface area contributed by atoms with Gasteiger partial charge in [-0.2, -0.15) is 10.1 Å². The zero-order chi connectivity index (χ0) is 15.1. The van der Waals surface area contributed by atoms with Crippen LogP contribution in [0.25, 0.3) is 11.6 Å². The van der Waals surface area contributed by atoms with Crippen LogP contribution >= 0.6 is 0 Å². The molecule has 1 aliphatic rings. The molecule has 3 aromatic rings. The smallest absolute Gasteiger partial charge is 0.242 e. The summed E-state index contributed by atoms with van der Waals surface area (Å²) in [4.78, 5) is 8.77. The fraction of sp³-hybridized carbons (Fsp3) is 0.500. The van der Waals surface area contributed by atoms with Gasteiger partial charge in [-0.25, -0.2) is 4.98 Å². The SMILES string of the molecule is CC(C)n1ccc(Cc2nc(-c3n[nH]c(C4CC4)n3)no2)n1. The van der Waals surface area contributed by atoms with Gasteiger partial charge in [-0.15, -0.1) is 5.10 Å². The number of hydrogen-bond acceptors (Lipinski definition) is 6. The first-order valence-corrected chi connectivity index (χ1v) is 7.48. The second-order valence-electron chi connectivity index (χ2n) is 5.89. The summed E-state index contributed by atoms with van der Waals surface area (Å²) in [6.07, 6.45) is 4.80. The Morgan fingerprint density at radius 2 is 2.18 bits per heavy atom. The summed E-state index contributed by atoms with van der Waals surface area (Å²) in [5.41, 5.74) is 0.901. The molecular formula is C14H17N7O. The van der Waals surface area contributed by atoms with Gasteiger partial charge in [0.1, 0.15) is 5.82 Å². The Morgan fingerprint density at radius 1 is 1.32 bits per heavy atom. The van der Waals surface area contributed by atoms with Crippen molar-refractivity contribution in [1.82, 2.24) is 35.1 Å². The van der Waals surface area contributed by atoms with Crippen LogP contribution in [0.2, 0.25) is 0 Å². The standard InChI is InChI=1S/C14H17N7O/c1-8(2)21-6-5-10(19-21)7-11-15-14(20-22-11)13-16-12(17-18-13)9-3-4-9/h5-6,8-9H,3-4,7H2,1-2H3,(H,16,17,18). The minimum absolute atomic E-state index is 0.334. The van der Waals surface area contributed by atoms with Crippen molar-refractivity contribution in [2.24, 2.45) is 0 Å². The summed E-state index contributed by atoms with van der Waals surface area (Å²) in [5, 5.41) is 15.5. The van der Waals surface area contributed by atoms with Crippen molar-refractivity contribution in [3.8, 4) is 11.6 Å². The fourth-order valence-corrected chi connectivity index (χ4v) is 2.25. The van der Waals surface area contributed by atoms with Gasteiger partial charge in [0.2, 0.25) is 17.5 Å². The van der Waals surface area contributed by atoms with Crippen LogP contribution in [0.5, 0.6) is 0 Å². The van der Waals surface area contributed by atoms with Crippen LogP contribution in [0.15, 0.2) is 16.8 Å². The molecule has 1 N–H and O–H groups in total. The monoisotopic (exact) mass is 299 g/mol. The van der Waals surface area contributed by atoms with E-state index < -0.39 is 0 Å². The summed E-state index contributed by atoms with van der Waals surface area (Å²) < 4.78 is 7.18. The molecule has 0 atom stereocenters. The number of aromatic nitrogens is 7. The van der Waals surface area contributed by atoms with Gasteiger partial charge in [-0.1, -0.05) is 5.16 Å². The summed E-state index contributed by atoms with van der Waals surface area (Å²) in [5.74, 6) is 2.86. The number of hydrogen-bond donors (Lipinski definition) is 1. The molecule has 8 heteroatoms. The van der Waals surface area contributed by atoms with Crippen molar-refractivity contribution >= 4 is 0 Å². The third kappa shape index (κ3) is 2.51. The number of nitrogens with one attached hydrogen (secondary N) is 1. The third-order valence-electron chi connectivity index (χ3n) is 3.66. The zero-order valence-electron chi connectivity index (χ0n) is 12.5. The number of aromatic amines is 1. The highest BCUT2D eigenvalue weighted by Crippen LogP contribution is 2.38. The lowest BCUT2D eigenvalue weighted by molar-refractivity contribution is 0.384. The fourth-order valence-electron chi connectivity index (χ4n) is 2.25. The first kappa shape index (κ1) is 13.2. The highest BCUT2D eigenvalue weighted by atomic mass is 16.5. The lowest BCUT2D eigenvalue weighted by atomic mass is 10.3. The zero-order valence-corrected chi connectivity index (χ0v) is 12.5. The number of nitrogens with zero attached hydrogens (tertiary/aromatic N) is 6. The average molecular weight is 299 g/mol. The van der Waals surface area contributed by atoms with E-state index in [1.807, 2.05) is 16.9 Å². The lowest BCUT2D eigenvalue weighted by Crippen LogP contribution is -2.02. The highest BCUT2D eigenvalue weighted by molar-refractivity contribution is 5.41. The van der Waals surface area contributed by atoms with E-state index in [9.17, 15) is 0 Å². The number of rotatable bonds is 5.